The molecule has 0 saturated carbocycles. The van der Waals surface area contributed by atoms with E-state index in [9.17, 15) is 4.39 Å². The van der Waals surface area contributed by atoms with Crippen molar-refractivity contribution in [1.29, 1.82) is 0 Å². The zero-order chi connectivity index (χ0) is 11.3. The van der Waals surface area contributed by atoms with Crippen molar-refractivity contribution < 1.29 is 4.39 Å². The fourth-order valence-corrected chi connectivity index (χ4v) is 1.22. The quantitative estimate of drug-likeness (QED) is 0.508. The SMILES string of the molecule is CN=C(NCc1ccc(F)cc1)N(C)C.I. The average Bonchev–Trinajstić information content (AvgIpc) is 2.21. The molecule has 0 aliphatic heterocycles. The third kappa shape index (κ3) is 4.78. The van der Waals surface area contributed by atoms with E-state index in [1.54, 1.807) is 19.2 Å². The minimum absolute atomic E-state index is 0. The Morgan fingerprint density at radius 3 is 2.31 bits per heavy atom. The third-order valence-corrected chi connectivity index (χ3v) is 2.00. The number of rotatable bonds is 2. The Bertz CT molecular complexity index is 336. The lowest BCUT2D eigenvalue weighted by molar-refractivity contribution is 0.582. The van der Waals surface area contributed by atoms with Gasteiger partial charge in [-0.05, 0) is 17.7 Å². The van der Waals surface area contributed by atoms with Gasteiger partial charge in [0.25, 0.3) is 0 Å². The van der Waals surface area contributed by atoms with Crippen LogP contribution in [0.2, 0.25) is 0 Å². The van der Waals surface area contributed by atoms with Gasteiger partial charge in [-0.15, -0.1) is 24.0 Å². The summed E-state index contributed by atoms with van der Waals surface area (Å²) in [5.41, 5.74) is 1.03. The van der Waals surface area contributed by atoms with Crippen LogP contribution >= 0.6 is 24.0 Å². The van der Waals surface area contributed by atoms with Crippen LogP contribution in [0.3, 0.4) is 0 Å². The molecule has 0 amide bonds. The van der Waals surface area contributed by atoms with E-state index in [-0.39, 0.29) is 29.8 Å². The van der Waals surface area contributed by atoms with Gasteiger partial charge in [0.05, 0.1) is 0 Å². The summed E-state index contributed by atoms with van der Waals surface area (Å²) in [5, 5.41) is 3.16. The lowest BCUT2D eigenvalue weighted by Crippen LogP contribution is -2.35. The van der Waals surface area contributed by atoms with Crippen LogP contribution < -0.4 is 5.32 Å². The number of benzene rings is 1. The van der Waals surface area contributed by atoms with Gasteiger partial charge in [-0.3, -0.25) is 4.99 Å². The van der Waals surface area contributed by atoms with Crippen molar-refractivity contribution in [3.63, 3.8) is 0 Å². The molecule has 0 radical (unpaired) electrons. The largest absolute Gasteiger partial charge is 0.352 e. The van der Waals surface area contributed by atoms with Crippen LogP contribution in [-0.4, -0.2) is 32.0 Å². The molecule has 0 unspecified atom stereocenters. The molecule has 0 bridgehead atoms. The Hall–Kier alpha value is -0.850. The second kappa shape index (κ2) is 7.43. The highest BCUT2D eigenvalue weighted by atomic mass is 127. The molecule has 16 heavy (non-hydrogen) atoms. The van der Waals surface area contributed by atoms with Crippen molar-refractivity contribution >= 4 is 29.9 Å². The maximum absolute atomic E-state index is 12.6. The standard InChI is InChI=1S/C11H16FN3.HI/c1-13-11(15(2)3)14-8-9-4-6-10(12)7-5-9;/h4-7H,8H2,1-3H3,(H,13,14);1H. The maximum atomic E-state index is 12.6. The minimum Gasteiger partial charge on any atom is -0.352 e. The third-order valence-electron chi connectivity index (χ3n) is 2.00. The van der Waals surface area contributed by atoms with Gasteiger partial charge in [0.1, 0.15) is 5.82 Å². The van der Waals surface area contributed by atoms with Crippen LogP contribution in [0, 0.1) is 5.82 Å². The van der Waals surface area contributed by atoms with E-state index >= 15 is 0 Å². The van der Waals surface area contributed by atoms with E-state index in [0.29, 0.717) is 6.54 Å². The number of hydrogen-bond acceptors (Lipinski definition) is 1. The van der Waals surface area contributed by atoms with E-state index in [4.69, 9.17) is 0 Å². The van der Waals surface area contributed by atoms with Crippen molar-refractivity contribution in [2.24, 2.45) is 4.99 Å². The van der Waals surface area contributed by atoms with Gasteiger partial charge < -0.3 is 10.2 Å². The number of nitrogens with zero attached hydrogens (tertiary/aromatic N) is 2. The Morgan fingerprint density at radius 2 is 1.88 bits per heavy atom. The van der Waals surface area contributed by atoms with E-state index in [1.807, 2.05) is 19.0 Å². The van der Waals surface area contributed by atoms with Crippen LogP contribution in [-0.2, 0) is 6.54 Å². The van der Waals surface area contributed by atoms with E-state index in [1.165, 1.54) is 12.1 Å². The normalized spacial score (nSPS) is 10.6. The summed E-state index contributed by atoms with van der Waals surface area (Å²) in [7, 11) is 5.56. The predicted molar refractivity (Wildman–Crippen MR) is 75.7 cm³/mol. The number of hydrogen-bond donors (Lipinski definition) is 1. The molecule has 5 heteroatoms. The van der Waals surface area contributed by atoms with Crippen LogP contribution in [0.15, 0.2) is 29.3 Å². The summed E-state index contributed by atoms with van der Waals surface area (Å²) in [6, 6.07) is 6.42. The van der Waals surface area contributed by atoms with Crippen molar-refractivity contribution in [1.82, 2.24) is 10.2 Å². The molecule has 0 fully saturated rings. The van der Waals surface area contributed by atoms with Crippen molar-refractivity contribution in [2.75, 3.05) is 21.1 Å². The van der Waals surface area contributed by atoms with E-state index in [0.717, 1.165) is 11.5 Å². The summed E-state index contributed by atoms with van der Waals surface area (Å²) in [6.07, 6.45) is 0. The topological polar surface area (TPSA) is 27.6 Å². The molecule has 0 heterocycles. The minimum atomic E-state index is -0.212. The van der Waals surface area contributed by atoms with Gasteiger partial charge >= 0.3 is 0 Å². The van der Waals surface area contributed by atoms with Crippen LogP contribution in [0.5, 0.6) is 0 Å². The molecule has 3 nitrogen and oxygen atoms in total. The second-order valence-corrected chi connectivity index (χ2v) is 3.42. The molecule has 1 aromatic rings. The fourth-order valence-electron chi connectivity index (χ4n) is 1.22. The van der Waals surface area contributed by atoms with Gasteiger partial charge in [0.15, 0.2) is 5.96 Å². The first kappa shape index (κ1) is 15.2. The summed E-state index contributed by atoms with van der Waals surface area (Å²) in [6.45, 7) is 0.644. The summed E-state index contributed by atoms with van der Waals surface area (Å²) in [4.78, 5) is 5.97. The van der Waals surface area contributed by atoms with Crippen LogP contribution in [0.4, 0.5) is 4.39 Å². The van der Waals surface area contributed by atoms with Gasteiger partial charge in [-0.1, -0.05) is 12.1 Å². The molecule has 0 aromatic heterocycles. The first-order valence-electron chi connectivity index (χ1n) is 4.76. The van der Waals surface area contributed by atoms with Gasteiger partial charge in [-0.25, -0.2) is 4.39 Å². The first-order chi connectivity index (χ1) is 7.13. The maximum Gasteiger partial charge on any atom is 0.193 e. The van der Waals surface area contributed by atoms with Gasteiger partial charge in [-0.2, -0.15) is 0 Å². The number of guanidine groups is 1. The van der Waals surface area contributed by atoms with Crippen molar-refractivity contribution in [3.8, 4) is 0 Å². The van der Waals surface area contributed by atoms with Gasteiger partial charge in [0.2, 0.25) is 0 Å². The fraction of sp³-hybridized carbons (Fsp3) is 0.364. The zero-order valence-corrected chi connectivity index (χ0v) is 12.0. The monoisotopic (exact) mass is 337 g/mol. The Kier molecular flexibility index (Phi) is 7.03. The molecular weight excluding hydrogens is 320 g/mol. The molecule has 0 aliphatic rings. The van der Waals surface area contributed by atoms with E-state index < -0.39 is 0 Å². The number of nitrogens with one attached hydrogen (secondary N) is 1. The molecular formula is C11H17FIN3. The lowest BCUT2D eigenvalue weighted by Gasteiger charge is -2.16. The highest BCUT2D eigenvalue weighted by Gasteiger charge is 1.99. The zero-order valence-electron chi connectivity index (χ0n) is 9.70. The lowest BCUT2D eigenvalue weighted by atomic mass is 10.2. The van der Waals surface area contributed by atoms with Crippen molar-refractivity contribution in [2.45, 2.75) is 6.54 Å². The van der Waals surface area contributed by atoms with Crippen LogP contribution in [0.25, 0.3) is 0 Å². The number of halogens is 2. The molecule has 1 rings (SSSR count). The predicted octanol–water partition coefficient (Wildman–Crippen LogP) is 2.08. The van der Waals surface area contributed by atoms with Crippen molar-refractivity contribution in [3.05, 3.63) is 35.6 Å². The summed E-state index contributed by atoms with van der Waals surface area (Å²) in [5.74, 6) is 0.593. The van der Waals surface area contributed by atoms with Gasteiger partial charge in [0, 0.05) is 27.7 Å². The molecule has 0 aliphatic carbocycles. The highest BCUT2D eigenvalue weighted by molar-refractivity contribution is 14.0. The Balaban J connectivity index is 0.00000225. The molecule has 0 spiro atoms. The number of aliphatic imine (C=N–C) groups is 1. The Morgan fingerprint density at radius 1 is 1.31 bits per heavy atom. The molecule has 90 valence electrons. The van der Waals surface area contributed by atoms with E-state index in [2.05, 4.69) is 10.3 Å². The Labute approximate surface area is 113 Å². The second-order valence-electron chi connectivity index (χ2n) is 3.42. The summed E-state index contributed by atoms with van der Waals surface area (Å²) < 4.78 is 12.6. The van der Waals surface area contributed by atoms with Crippen LogP contribution in [0.1, 0.15) is 5.56 Å². The molecule has 0 saturated heterocycles. The highest BCUT2D eigenvalue weighted by Crippen LogP contribution is 2.02. The first-order valence-corrected chi connectivity index (χ1v) is 4.76. The smallest absolute Gasteiger partial charge is 0.193 e. The molecule has 1 aromatic carbocycles. The molecule has 0 atom stereocenters. The average molecular weight is 337 g/mol. The molecule has 1 N–H and O–H groups in total. The summed E-state index contributed by atoms with van der Waals surface area (Å²) >= 11 is 0.